The fraction of sp³-hybridized carbons (Fsp3) is 0.533. The number of hydrogen-bond donors (Lipinski definition) is 3. The molecule has 8 heteroatoms. The van der Waals surface area contributed by atoms with Crippen molar-refractivity contribution < 1.29 is 8.42 Å². The number of benzene rings is 1. The summed E-state index contributed by atoms with van der Waals surface area (Å²) < 4.78 is 25.1. The van der Waals surface area contributed by atoms with E-state index in [-0.39, 0.29) is 5.75 Å². The lowest BCUT2D eigenvalue weighted by Crippen LogP contribution is -2.39. The van der Waals surface area contributed by atoms with Crippen molar-refractivity contribution in [2.24, 2.45) is 4.99 Å². The zero-order valence-corrected chi connectivity index (χ0v) is 15.3. The summed E-state index contributed by atoms with van der Waals surface area (Å²) in [6.45, 7) is 5.87. The molecule has 0 fully saturated rings. The second kappa shape index (κ2) is 11.3. The minimum Gasteiger partial charge on any atom is -0.357 e. The van der Waals surface area contributed by atoms with Gasteiger partial charge in [-0.1, -0.05) is 18.2 Å². The Labute approximate surface area is 143 Å². The van der Waals surface area contributed by atoms with Crippen molar-refractivity contribution in [3.05, 3.63) is 30.3 Å². The zero-order chi connectivity index (χ0) is 17.0. The smallest absolute Gasteiger partial charge is 0.211 e. The normalized spacial score (nSPS) is 12.2. The third-order valence-corrected chi connectivity index (χ3v) is 5.25. The number of hydrogen-bond acceptors (Lipinski definition) is 4. The van der Waals surface area contributed by atoms with Gasteiger partial charge in [-0.3, -0.25) is 4.99 Å². The van der Waals surface area contributed by atoms with Gasteiger partial charge in [-0.2, -0.15) is 0 Å². The Morgan fingerprint density at radius 1 is 1.13 bits per heavy atom. The maximum absolute atomic E-state index is 11.3. The molecule has 0 amide bonds. The first kappa shape index (κ1) is 19.8. The number of sulfonamides is 1. The van der Waals surface area contributed by atoms with Gasteiger partial charge in [0.2, 0.25) is 10.0 Å². The lowest BCUT2D eigenvalue weighted by molar-refractivity contribution is 0.583. The molecule has 6 nitrogen and oxygen atoms in total. The summed E-state index contributed by atoms with van der Waals surface area (Å²) in [5, 5.41) is 6.39. The lowest BCUT2D eigenvalue weighted by Gasteiger charge is -2.11. The van der Waals surface area contributed by atoms with Crippen LogP contribution in [0.1, 0.15) is 13.8 Å². The average Bonchev–Trinajstić information content (AvgIpc) is 2.56. The number of nitrogens with one attached hydrogen (secondary N) is 3. The number of guanidine groups is 1. The average molecular weight is 359 g/mol. The van der Waals surface area contributed by atoms with Crippen LogP contribution in [0.3, 0.4) is 0 Å². The highest BCUT2D eigenvalue weighted by atomic mass is 32.2. The molecule has 0 aliphatic heterocycles. The largest absolute Gasteiger partial charge is 0.357 e. The first-order valence-corrected chi connectivity index (χ1v) is 10.4. The van der Waals surface area contributed by atoms with Gasteiger partial charge in [0.25, 0.3) is 0 Å². The molecule has 1 aromatic rings. The van der Waals surface area contributed by atoms with Crippen LogP contribution in [0.5, 0.6) is 0 Å². The first-order valence-electron chi connectivity index (χ1n) is 7.74. The highest BCUT2D eigenvalue weighted by Crippen LogP contribution is 2.15. The van der Waals surface area contributed by atoms with Crippen LogP contribution in [-0.2, 0) is 10.0 Å². The van der Waals surface area contributed by atoms with Crippen molar-refractivity contribution >= 4 is 27.7 Å². The molecule has 23 heavy (non-hydrogen) atoms. The van der Waals surface area contributed by atoms with Crippen LogP contribution in [0.4, 0.5) is 0 Å². The molecule has 0 atom stereocenters. The second-order valence-corrected chi connectivity index (χ2v) is 7.91. The SMILES string of the molecule is CCNC(=NCCNS(=O)(=O)CC)NCCSc1ccccc1. The fourth-order valence-electron chi connectivity index (χ4n) is 1.67. The van der Waals surface area contributed by atoms with Crippen molar-refractivity contribution in [3.63, 3.8) is 0 Å². The summed E-state index contributed by atoms with van der Waals surface area (Å²) in [4.78, 5) is 5.59. The van der Waals surface area contributed by atoms with Gasteiger partial charge in [-0.15, -0.1) is 11.8 Å². The molecule has 0 saturated heterocycles. The molecule has 0 unspecified atom stereocenters. The summed E-state index contributed by atoms with van der Waals surface area (Å²) in [5.74, 6) is 1.72. The quantitative estimate of drug-likeness (QED) is 0.254. The van der Waals surface area contributed by atoms with Gasteiger partial charge in [-0.05, 0) is 26.0 Å². The molecule has 0 radical (unpaired) electrons. The Balaban J connectivity index is 2.29. The molecule has 0 saturated carbocycles. The Morgan fingerprint density at radius 3 is 2.52 bits per heavy atom. The van der Waals surface area contributed by atoms with Gasteiger partial charge >= 0.3 is 0 Å². The van der Waals surface area contributed by atoms with Crippen molar-refractivity contribution in [2.45, 2.75) is 18.7 Å². The van der Waals surface area contributed by atoms with E-state index in [0.29, 0.717) is 19.0 Å². The Kier molecular flexibility index (Phi) is 9.74. The fourth-order valence-corrected chi connectivity index (χ4v) is 3.06. The van der Waals surface area contributed by atoms with E-state index >= 15 is 0 Å². The van der Waals surface area contributed by atoms with Gasteiger partial charge in [0, 0.05) is 30.3 Å². The molecular weight excluding hydrogens is 332 g/mol. The van der Waals surface area contributed by atoms with E-state index in [1.165, 1.54) is 4.90 Å². The molecule has 1 rings (SSSR count). The van der Waals surface area contributed by atoms with E-state index in [1.54, 1.807) is 18.7 Å². The molecule has 0 aliphatic rings. The van der Waals surface area contributed by atoms with Crippen molar-refractivity contribution in [3.8, 4) is 0 Å². The van der Waals surface area contributed by atoms with E-state index in [1.807, 2.05) is 25.1 Å². The molecule has 0 aliphatic carbocycles. The van der Waals surface area contributed by atoms with E-state index in [4.69, 9.17) is 0 Å². The Morgan fingerprint density at radius 2 is 1.87 bits per heavy atom. The highest BCUT2D eigenvalue weighted by Gasteiger charge is 2.04. The van der Waals surface area contributed by atoms with E-state index in [2.05, 4.69) is 32.5 Å². The van der Waals surface area contributed by atoms with Crippen LogP contribution in [0.2, 0.25) is 0 Å². The third-order valence-electron chi connectivity index (χ3n) is 2.83. The van der Waals surface area contributed by atoms with Gasteiger partial charge < -0.3 is 10.6 Å². The molecular formula is C15H26N4O2S2. The number of aliphatic imine (C=N–C) groups is 1. The van der Waals surface area contributed by atoms with Crippen LogP contribution < -0.4 is 15.4 Å². The summed E-state index contributed by atoms with van der Waals surface area (Å²) in [5.41, 5.74) is 0. The van der Waals surface area contributed by atoms with E-state index < -0.39 is 10.0 Å². The Bertz CT molecular complexity index is 562. The summed E-state index contributed by atoms with van der Waals surface area (Å²) >= 11 is 1.78. The molecule has 0 heterocycles. The zero-order valence-electron chi connectivity index (χ0n) is 13.7. The van der Waals surface area contributed by atoms with Crippen LogP contribution >= 0.6 is 11.8 Å². The van der Waals surface area contributed by atoms with Crippen molar-refractivity contribution in [1.29, 1.82) is 0 Å². The van der Waals surface area contributed by atoms with Gasteiger partial charge in [0.05, 0.1) is 12.3 Å². The minimum atomic E-state index is -3.14. The van der Waals surface area contributed by atoms with Crippen LogP contribution in [0.25, 0.3) is 0 Å². The monoisotopic (exact) mass is 358 g/mol. The van der Waals surface area contributed by atoms with Crippen LogP contribution in [-0.4, -0.2) is 52.1 Å². The molecule has 3 N–H and O–H groups in total. The predicted octanol–water partition coefficient (Wildman–Crippen LogP) is 1.27. The number of thioether (sulfide) groups is 1. The molecule has 0 spiro atoms. The summed E-state index contributed by atoms with van der Waals surface area (Å²) in [7, 11) is -3.14. The van der Waals surface area contributed by atoms with Crippen LogP contribution in [0.15, 0.2) is 40.2 Å². The maximum Gasteiger partial charge on any atom is 0.211 e. The van der Waals surface area contributed by atoms with Gasteiger partial charge in [0.1, 0.15) is 0 Å². The summed E-state index contributed by atoms with van der Waals surface area (Å²) in [6, 6.07) is 10.2. The maximum atomic E-state index is 11.3. The summed E-state index contributed by atoms with van der Waals surface area (Å²) in [6.07, 6.45) is 0. The van der Waals surface area contributed by atoms with Crippen molar-refractivity contribution in [2.75, 3.05) is 37.7 Å². The number of nitrogens with zero attached hydrogens (tertiary/aromatic N) is 1. The van der Waals surface area contributed by atoms with Gasteiger partial charge in [-0.25, -0.2) is 13.1 Å². The topological polar surface area (TPSA) is 82.6 Å². The minimum absolute atomic E-state index is 0.0890. The highest BCUT2D eigenvalue weighted by molar-refractivity contribution is 7.99. The standard InChI is InChI=1S/C15H26N4O2S2/c1-3-16-15(17-10-11-19-23(20,21)4-2)18-12-13-22-14-8-6-5-7-9-14/h5-9,19H,3-4,10-13H2,1-2H3,(H2,16,17,18). The lowest BCUT2D eigenvalue weighted by atomic mass is 10.4. The van der Waals surface area contributed by atoms with E-state index in [0.717, 1.165) is 18.8 Å². The number of rotatable bonds is 10. The molecule has 0 bridgehead atoms. The third kappa shape index (κ3) is 9.47. The van der Waals surface area contributed by atoms with E-state index in [9.17, 15) is 8.42 Å². The molecule has 0 aromatic heterocycles. The predicted molar refractivity (Wildman–Crippen MR) is 98.6 cm³/mol. The van der Waals surface area contributed by atoms with Crippen molar-refractivity contribution in [1.82, 2.24) is 15.4 Å². The van der Waals surface area contributed by atoms with Gasteiger partial charge in [0.15, 0.2) is 5.96 Å². The molecule has 1 aromatic carbocycles. The molecule has 130 valence electrons. The van der Waals surface area contributed by atoms with Crippen LogP contribution in [0, 0.1) is 0 Å². The Hall–Kier alpha value is -1.25. The first-order chi connectivity index (χ1) is 11.1. The second-order valence-electron chi connectivity index (χ2n) is 4.65.